The predicted octanol–water partition coefficient (Wildman–Crippen LogP) is 5.77. The number of benzene rings is 2. The first-order chi connectivity index (χ1) is 12.0. The fraction of sp³-hybridized carbons (Fsp3) is 0.100. The maximum absolute atomic E-state index is 11.2. The second kappa shape index (κ2) is 7.07. The molecule has 0 saturated heterocycles. The second-order valence-corrected chi connectivity index (χ2v) is 6.55. The van der Waals surface area contributed by atoms with Crippen LogP contribution in [0.15, 0.2) is 62.4 Å². The third kappa shape index (κ3) is 3.72. The Labute approximate surface area is 154 Å². The van der Waals surface area contributed by atoms with Gasteiger partial charge in [-0.1, -0.05) is 28.1 Å². The number of hydrogen-bond donors (Lipinski definition) is 1. The summed E-state index contributed by atoms with van der Waals surface area (Å²) < 4.78 is 6.80. The molecule has 0 aliphatic carbocycles. The van der Waals surface area contributed by atoms with Crippen LogP contribution in [-0.4, -0.2) is 17.3 Å². The van der Waals surface area contributed by atoms with Gasteiger partial charge in [-0.15, -0.1) is 0 Å². The van der Waals surface area contributed by atoms with Crippen molar-refractivity contribution >= 4 is 33.8 Å². The molecule has 0 aliphatic heterocycles. The van der Waals surface area contributed by atoms with Gasteiger partial charge in [0.2, 0.25) is 0 Å². The van der Waals surface area contributed by atoms with Gasteiger partial charge in [-0.25, -0.2) is 4.79 Å². The van der Waals surface area contributed by atoms with Crippen molar-refractivity contribution in [3.05, 3.63) is 75.5 Å². The Morgan fingerprint density at radius 2 is 1.96 bits per heavy atom. The molecule has 2 aromatic carbocycles. The summed E-state index contributed by atoms with van der Waals surface area (Å²) in [5.41, 5.74) is 3.61. The summed E-state index contributed by atoms with van der Waals surface area (Å²) in [4.78, 5) is 15.6. The summed E-state index contributed by atoms with van der Waals surface area (Å²) in [6, 6.07) is 14.8. The lowest BCUT2D eigenvalue weighted by Crippen LogP contribution is -1.99. The van der Waals surface area contributed by atoms with E-state index in [4.69, 9.17) is 4.42 Å². The van der Waals surface area contributed by atoms with Crippen LogP contribution in [0.5, 0.6) is 0 Å². The highest BCUT2D eigenvalue weighted by Gasteiger charge is 2.10. The lowest BCUT2D eigenvalue weighted by molar-refractivity contribution is 0.0696. The van der Waals surface area contributed by atoms with Crippen molar-refractivity contribution in [2.24, 2.45) is 4.99 Å². The zero-order valence-corrected chi connectivity index (χ0v) is 15.4. The Hall–Kier alpha value is -2.66. The summed E-state index contributed by atoms with van der Waals surface area (Å²) in [5.74, 6) is 0.381. The Balaban J connectivity index is 1.88. The number of carboxylic acids is 1. The lowest BCUT2D eigenvalue weighted by atomic mass is 10.1. The van der Waals surface area contributed by atoms with Crippen molar-refractivity contribution in [3.8, 4) is 11.3 Å². The van der Waals surface area contributed by atoms with E-state index in [-0.39, 0.29) is 5.56 Å². The van der Waals surface area contributed by atoms with Crippen molar-refractivity contribution in [2.75, 3.05) is 0 Å². The van der Waals surface area contributed by atoms with E-state index in [0.29, 0.717) is 17.0 Å². The van der Waals surface area contributed by atoms with E-state index in [2.05, 4.69) is 20.9 Å². The lowest BCUT2D eigenvalue weighted by Gasteiger charge is -2.03. The van der Waals surface area contributed by atoms with Crippen LogP contribution < -0.4 is 0 Å². The van der Waals surface area contributed by atoms with Gasteiger partial charge in [0.1, 0.15) is 11.5 Å². The van der Waals surface area contributed by atoms with E-state index >= 15 is 0 Å². The minimum absolute atomic E-state index is 0.248. The van der Waals surface area contributed by atoms with E-state index < -0.39 is 5.97 Å². The quantitative estimate of drug-likeness (QED) is 0.567. The fourth-order valence-corrected chi connectivity index (χ4v) is 3.20. The zero-order valence-electron chi connectivity index (χ0n) is 13.8. The van der Waals surface area contributed by atoms with Gasteiger partial charge >= 0.3 is 5.97 Å². The Bertz CT molecular complexity index is 973. The molecule has 0 bridgehead atoms. The smallest absolute Gasteiger partial charge is 0.336 e. The SMILES string of the molecule is Cc1ccc(-c2ccc(C=Nc3cccc(C(=O)O)c3C)o2)c(Br)c1. The molecule has 0 atom stereocenters. The number of carbonyl (C=O) groups is 1. The molecule has 0 radical (unpaired) electrons. The molecule has 1 heterocycles. The van der Waals surface area contributed by atoms with Crippen molar-refractivity contribution in [2.45, 2.75) is 13.8 Å². The number of halogens is 1. The highest BCUT2D eigenvalue weighted by molar-refractivity contribution is 9.10. The molecule has 25 heavy (non-hydrogen) atoms. The number of carboxylic acid groups (broad SMARTS) is 1. The average molecular weight is 398 g/mol. The molecular formula is C20H16BrNO3. The van der Waals surface area contributed by atoms with Gasteiger partial charge in [0.05, 0.1) is 17.5 Å². The Kier molecular flexibility index (Phi) is 4.86. The minimum atomic E-state index is -0.959. The number of furan rings is 1. The van der Waals surface area contributed by atoms with Crippen molar-refractivity contribution in [3.63, 3.8) is 0 Å². The minimum Gasteiger partial charge on any atom is -0.478 e. The first-order valence-electron chi connectivity index (χ1n) is 7.69. The summed E-state index contributed by atoms with van der Waals surface area (Å²) in [6.45, 7) is 3.77. The van der Waals surface area contributed by atoms with Gasteiger partial charge in [0, 0.05) is 10.0 Å². The predicted molar refractivity (Wildman–Crippen MR) is 102 cm³/mol. The van der Waals surface area contributed by atoms with E-state index in [0.717, 1.165) is 21.4 Å². The molecule has 0 spiro atoms. The molecule has 0 fully saturated rings. The van der Waals surface area contributed by atoms with Crippen LogP contribution in [0.1, 0.15) is 27.2 Å². The largest absolute Gasteiger partial charge is 0.478 e. The van der Waals surface area contributed by atoms with Crippen molar-refractivity contribution < 1.29 is 14.3 Å². The van der Waals surface area contributed by atoms with Gasteiger partial charge < -0.3 is 9.52 Å². The molecule has 3 rings (SSSR count). The van der Waals surface area contributed by atoms with Gasteiger partial charge in [-0.05, 0) is 61.4 Å². The van der Waals surface area contributed by atoms with Crippen LogP contribution >= 0.6 is 15.9 Å². The number of nitrogens with zero attached hydrogens (tertiary/aromatic N) is 1. The standard InChI is InChI=1S/C20H16BrNO3/c1-12-6-8-16(17(21)10-12)19-9-7-14(25-19)11-22-18-5-3-4-15(13(18)2)20(23)24/h3-11H,1-2H3,(H,23,24). The molecule has 1 N–H and O–H groups in total. The highest BCUT2D eigenvalue weighted by Crippen LogP contribution is 2.30. The normalized spacial score (nSPS) is 11.2. The highest BCUT2D eigenvalue weighted by atomic mass is 79.9. The molecule has 126 valence electrons. The molecule has 0 amide bonds. The monoisotopic (exact) mass is 397 g/mol. The van der Waals surface area contributed by atoms with Crippen LogP contribution in [0, 0.1) is 13.8 Å². The number of hydrogen-bond acceptors (Lipinski definition) is 3. The van der Waals surface area contributed by atoms with Crippen molar-refractivity contribution in [1.29, 1.82) is 0 Å². The van der Waals surface area contributed by atoms with Crippen LogP contribution in [-0.2, 0) is 0 Å². The van der Waals surface area contributed by atoms with E-state index in [1.54, 1.807) is 31.3 Å². The topological polar surface area (TPSA) is 62.8 Å². The van der Waals surface area contributed by atoms with Gasteiger partial charge in [0.15, 0.2) is 0 Å². The van der Waals surface area contributed by atoms with Crippen LogP contribution in [0.4, 0.5) is 5.69 Å². The van der Waals surface area contributed by atoms with Crippen LogP contribution in [0.25, 0.3) is 11.3 Å². The first kappa shape index (κ1) is 17.2. The second-order valence-electron chi connectivity index (χ2n) is 5.70. The van der Waals surface area contributed by atoms with Crippen LogP contribution in [0.3, 0.4) is 0 Å². The van der Waals surface area contributed by atoms with E-state index in [1.165, 1.54) is 0 Å². The Morgan fingerprint density at radius 3 is 2.68 bits per heavy atom. The summed E-state index contributed by atoms with van der Waals surface area (Å²) in [5, 5.41) is 9.18. The number of aryl methyl sites for hydroxylation is 1. The summed E-state index contributed by atoms with van der Waals surface area (Å²) in [6.07, 6.45) is 1.60. The molecule has 4 nitrogen and oxygen atoms in total. The van der Waals surface area contributed by atoms with Crippen LogP contribution in [0.2, 0.25) is 0 Å². The summed E-state index contributed by atoms with van der Waals surface area (Å²) in [7, 11) is 0. The molecular weight excluding hydrogens is 382 g/mol. The number of rotatable bonds is 4. The maximum atomic E-state index is 11.2. The van der Waals surface area contributed by atoms with Gasteiger partial charge in [0.25, 0.3) is 0 Å². The van der Waals surface area contributed by atoms with E-state index in [1.807, 2.05) is 37.3 Å². The molecule has 0 aliphatic rings. The average Bonchev–Trinajstić information content (AvgIpc) is 3.02. The number of aromatic carboxylic acids is 1. The molecule has 1 aromatic heterocycles. The van der Waals surface area contributed by atoms with Crippen molar-refractivity contribution in [1.82, 2.24) is 0 Å². The van der Waals surface area contributed by atoms with Gasteiger partial charge in [-0.3, -0.25) is 4.99 Å². The molecule has 3 aromatic rings. The maximum Gasteiger partial charge on any atom is 0.336 e. The number of aliphatic imine (C=N–C) groups is 1. The zero-order chi connectivity index (χ0) is 18.0. The fourth-order valence-electron chi connectivity index (χ4n) is 2.52. The third-order valence-electron chi connectivity index (χ3n) is 3.88. The molecule has 5 heteroatoms. The Morgan fingerprint density at radius 1 is 1.16 bits per heavy atom. The van der Waals surface area contributed by atoms with E-state index in [9.17, 15) is 9.90 Å². The molecule has 0 unspecified atom stereocenters. The van der Waals surface area contributed by atoms with Gasteiger partial charge in [-0.2, -0.15) is 0 Å². The third-order valence-corrected chi connectivity index (χ3v) is 4.54. The molecule has 0 saturated carbocycles. The summed E-state index contributed by atoms with van der Waals surface area (Å²) >= 11 is 3.55. The first-order valence-corrected chi connectivity index (χ1v) is 8.48.